The van der Waals surface area contributed by atoms with Crippen molar-refractivity contribution < 1.29 is 14.7 Å². The molecule has 4 nitrogen and oxygen atoms in total. The van der Waals surface area contributed by atoms with Crippen LogP contribution in [-0.4, -0.2) is 19.6 Å². The van der Waals surface area contributed by atoms with Gasteiger partial charge >= 0.3 is 0 Å². The molecule has 0 unspecified atom stereocenters. The zero-order chi connectivity index (χ0) is 51.2. The van der Waals surface area contributed by atoms with Crippen molar-refractivity contribution in [2.24, 2.45) is 0 Å². The molecule has 6 aromatic carbocycles. The first-order valence-corrected chi connectivity index (χ1v) is 21.8. The van der Waals surface area contributed by atoms with Crippen molar-refractivity contribution >= 4 is 11.0 Å². The van der Waals surface area contributed by atoms with E-state index in [9.17, 15) is 5.11 Å². The molecule has 0 saturated carbocycles. The quantitative estimate of drug-likeness (QED) is 0.181. The minimum Gasteiger partial charge on any atom is -0.507 e. The highest BCUT2D eigenvalue weighted by Crippen LogP contribution is 2.45. The van der Waals surface area contributed by atoms with Crippen LogP contribution >= 0.6 is 0 Å². The van der Waals surface area contributed by atoms with E-state index in [4.69, 9.17) is 19.6 Å². The van der Waals surface area contributed by atoms with Gasteiger partial charge in [0.1, 0.15) is 11.6 Å². The fraction of sp³-hybridized carbons (Fsp3) is 0.288. The molecule has 63 heavy (non-hydrogen) atoms. The molecule has 0 aliphatic heterocycles. The van der Waals surface area contributed by atoms with Crippen LogP contribution in [0.3, 0.4) is 0 Å². The summed E-state index contributed by atoms with van der Waals surface area (Å²) in [5.74, 6) is 0.791. The number of benzene rings is 6. The van der Waals surface area contributed by atoms with E-state index in [2.05, 4.69) is 173 Å². The van der Waals surface area contributed by atoms with Crippen LogP contribution in [0, 0.1) is 6.85 Å². The molecule has 0 aliphatic rings. The Morgan fingerprint density at radius 2 is 1.16 bits per heavy atom. The second-order valence-corrected chi connectivity index (χ2v) is 21.0. The molecule has 4 heteroatoms. The van der Waals surface area contributed by atoms with Crippen molar-refractivity contribution in [3.8, 4) is 67.5 Å². The average molecular weight is 837 g/mol. The minimum atomic E-state index is -2.82. The van der Waals surface area contributed by atoms with Crippen LogP contribution in [0.4, 0.5) is 0 Å². The molecule has 0 spiro atoms. The van der Waals surface area contributed by atoms with Gasteiger partial charge in [-0.05, 0) is 122 Å². The topological polar surface area (TPSA) is 50.9 Å². The van der Waals surface area contributed by atoms with E-state index >= 15 is 0 Å². The zero-order valence-electron chi connectivity index (χ0n) is 45.8. The standard InChI is InChI=1S/C59H63N3O/c1-37-22-24-39(25-23-37)40-26-27-60-51(33-40)43-28-42(30-44(31-43)56(2,3)4)48-20-17-21-52-53(48)61-55(49-35-46(58(8,9)10)36-50(54(49)63)59(11,12)13)62(52)47-32-41(38-18-15-14-16-19-38)29-45(34-47)57(5,6)7/h14-36,63H,1-13H3/i1D3,22D,23D,24D,25D. The summed E-state index contributed by atoms with van der Waals surface area (Å²) in [6.07, 6.45) is 1.58. The number of aromatic nitrogens is 3. The van der Waals surface area contributed by atoms with Gasteiger partial charge in [-0.3, -0.25) is 9.55 Å². The lowest BCUT2D eigenvalue weighted by atomic mass is 9.79. The van der Waals surface area contributed by atoms with Crippen molar-refractivity contribution in [2.45, 2.75) is 112 Å². The summed E-state index contributed by atoms with van der Waals surface area (Å²) < 4.78 is 60.9. The van der Waals surface area contributed by atoms with Crippen LogP contribution in [0.5, 0.6) is 5.75 Å². The maximum Gasteiger partial charge on any atom is 0.149 e. The van der Waals surface area contributed by atoms with Gasteiger partial charge in [0.2, 0.25) is 0 Å². The molecule has 2 heterocycles. The lowest BCUT2D eigenvalue weighted by Gasteiger charge is -2.28. The van der Waals surface area contributed by atoms with Gasteiger partial charge in [0.15, 0.2) is 0 Å². The molecule has 0 fully saturated rings. The number of phenolic OH excluding ortho intramolecular Hbond substituents is 1. The summed E-state index contributed by atoms with van der Waals surface area (Å²) in [6, 6.07) is 35.2. The van der Waals surface area contributed by atoms with Crippen LogP contribution in [-0.2, 0) is 21.7 Å². The number of para-hydroxylation sites is 1. The molecule has 0 atom stereocenters. The Hall–Kier alpha value is -6.26. The van der Waals surface area contributed by atoms with Crippen molar-refractivity contribution in [2.75, 3.05) is 0 Å². The van der Waals surface area contributed by atoms with E-state index in [1.165, 1.54) is 0 Å². The molecule has 8 aromatic rings. The second kappa shape index (κ2) is 15.8. The van der Waals surface area contributed by atoms with Gasteiger partial charge in [0, 0.05) is 32.7 Å². The summed E-state index contributed by atoms with van der Waals surface area (Å²) in [6.45, 7) is 23.2. The van der Waals surface area contributed by atoms with E-state index in [-0.39, 0.29) is 33.0 Å². The third kappa shape index (κ3) is 8.74. The molecule has 0 aliphatic carbocycles. The van der Waals surface area contributed by atoms with E-state index in [0.29, 0.717) is 22.6 Å². The fourth-order valence-corrected chi connectivity index (χ4v) is 8.12. The Bertz CT molecular complexity index is 3310. The first-order valence-electron chi connectivity index (χ1n) is 25.3. The van der Waals surface area contributed by atoms with Gasteiger partial charge in [0.25, 0.3) is 0 Å². The smallest absolute Gasteiger partial charge is 0.149 e. The van der Waals surface area contributed by atoms with E-state index < -0.39 is 36.6 Å². The summed E-state index contributed by atoms with van der Waals surface area (Å²) in [5, 5.41) is 12.5. The first kappa shape index (κ1) is 35.2. The largest absolute Gasteiger partial charge is 0.507 e. The van der Waals surface area contributed by atoms with Crippen LogP contribution in [0.1, 0.15) is 120 Å². The maximum absolute atomic E-state index is 12.5. The van der Waals surface area contributed by atoms with Gasteiger partial charge < -0.3 is 5.11 Å². The summed E-state index contributed by atoms with van der Waals surface area (Å²) in [5.41, 5.74) is 11.0. The third-order valence-corrected chi connectivity index (χ3v) is 11.9. The SMILES string of the molecule is [2H]c1c([2H])c(C([2H])([2H])[2H])c([2H])c([2H])c1-c1ccnc(-c2cc(-c3cccc4c3nc(-c3cc(C(C)(C)C)cc(C(C)(C)C)c3O)n4-c3cc(-c4ccccc4)cc(C(C)(C)C)c3)cc(C(C)(C)C)c2)c1. The Morgan fingerprint density at radius 3 is 1.81 bits per heavy atom. The highest BCUT2D eigenvalue weighted by Gasteiger charge is 2.29. The van der Waals surface area contributed by atoms with E-state index in [0.717, 1.165) is 66.8 Å². The van der Waals surface area contributed by atoms with Gasteiger partial charge in [-0.25, -0.2) is 4.98 Å². The van der Waals surface area contributed by atoms with Crippen LogP contribution in [0.15, 0.2) is 140 Å². The van der Waals surface area contributed by atoms with Crippen molar-refractivity contribution in [3.63, 3.8) is 0 Å². The molecular formula is C59H63N3O. The predicted octanol–water partition coefficient (Wildman–Crippen LogP) is 16.0. The number of hydrogen-bond donors (Lipinski definition) is 1. The number of imidazole rings is 1. The Kier molecular flexibility index (Phi) is 8.85. The highest BCUT2D eigenvalue weighted by molar-refractivity contribution is 5.97. The summed E-state index contributed by atoms with van der Waals surface area (Å²) >= 11 is 0. The highest BCUT2D eigenvalue weighted by atomic mass is 16.3. The number of rotatable bonds is 6. The Labute approximate surface area is 385 Å². The molecule has 0 amide bonds. The zero-order valence-corrected chi connectivity index (χ0v) is 38.8. The molecular weight excluding hydrogens is 767 g/mol. The first-order chi connectivity index (χ1) is 32.4. The Morgan fingerprint density at radius 1 is 0.524 bits per heavy atom. The number of fused-ring (bicyclic) bond motifs is 1. The van der Waals surface area contributed by atoms with Gasteiger partial charge in [-0.15, -0.1) is 0 Å². The molecule has 0 radical (unpaired) electrons. The normalized spacial score (nSPS) is 14.4. The fourth-order valence-electron chi connectivity index (χ4n) is 8.12. The summed E-state index contributed by atoms with van der Waals surface area (Å²) in [4.78, 5) is 10.4. The monoisotopic (exact) mass is 837 g/mol. The van der Waals surface area contributed by atoms with Crippen LogP contribution in [0.25, 0.3) is 72.7 Å². The molecule has 0 saturated heterocycles. The second-order valence-electron chi connectivity index (χ2n) is 21.0. The summed E-state index contributed by atoms with van der Waals surface area (Å²) in [7, 11) is 0. The molecule has 320 valence electrons. The van der Waals surface area contributed by atoms with Crippen molar-refractivity contribution in [1.29, 1.82) is 0 Å². The van der Waals surface area contributed by atoms with Crippen molar-refractivity contribution in [1.82, 2.24) is 14.5 Å². The lowest BCUT2D eigenvalue weighted by Crippen LogP contribution is -2.17. The van der Waals surface area contributed by atoms with Crippen LogP contribution < -0.4 is 0 Å². The number of nitrogens with zero attached hydrogens (tertiary/aromatic N) is 3. The number of aromatic hydroxyl groups is 1. The van der Waals surface area contributed by atoms with Gasteiger partial charge in [-0.2, -0.15) is 0 Å². The van der Waals surface area contributed by atoms with Crippen LogP contribution in [0.2, 0.25) is 0 Å². The lowest BCUT2D eigenvalue weighted by molar-refractivity contribution is 0.446. The minimum absolute atomic E-state index is 0.000962. The molecule has 8 rings (SSSR count). The van der Waals surface area contributed by atoms with E-state index in [1.54, 1.807) is 18.3 Å². The Balaban J connectivity index is 1.44. The molecule has 2 aromatic heterocycles. The number of pyridine rings is 1. The van der Waals surface area contributed by atoms with Gasteiger partial charge in [0.05, 0.1) is 27.8 Å². The predicted molar refractivity (Wildman–Crippen MR) is 267 cm³/mol. The maximum atomic E-state index is 12.5. The number of hydrogen-bond acceptors (Lipinski definition) is 3. The third-order valence-electron chi connectivity index (χ3n) is 11.9. The molecule has 0 bridgehead atoms. The number of phenols is 1. The average Bonchev–Trinajstić information content (AvgIpc) is 3.66. The van der Waals surface area contributed by atoms with E-state index in [1.807, 2.05) is 12.1 Å². The van der Waals surface area contributed by atoms with Gasteiger partial charge in [-0.1, -0.05) is 173 Å². The molecule has 1 N–H and O–H groups in total. The van der Waals surface area contributed by atoms with Crippen molar-refractivity contribution in [3.05, 3.63) is 167 Å².